The fourth-order valence-electron chi connectivity index (χ4n) is 3.22. The molecule has 4 aromatic rings. The molecule has 0 atom stereocenters. The van der Waals surface area contributed by atoms with Crippen LogP contribution in [0.1, 0.15) is 12.0 Å². The monoisotopic (exact) mass is 434 g/mol. The summed E-state index contributed by atoms with van der Waals surface area (Å²) in [7, 11) is -3.62. The molecule has 0 bridgehead atoms. The van der Waals surface area contributed by atoms with Gasteiger partial charge in [-0.2, -0.15) is 0 Å². The highest BCUT2D eigenvalue weighted by atomic mass is 32.2. The van der Waals surface area contributed by atoms with Crippen molar-refractivity contribution in [3.63, 3.8) is 0 Å². The van der Waals surface area contributed by atoms with Gasteiger partial charge in [0.25, 0.3) is 0 Å². The van der Waals surface area contributed by atoms with E-state index in [2.05, 4.69) is 15.0 Å². The first-order valence-electron chi connectivity index (χ1n) is 9.82. The van der Waals surface area contributed by atoms with Gasteiger partial charge in [-0.05, 0) is 42.8 Å². The topological polar surface area (TPSA) is 92.6 Å². The van der Waals surface area contributed by atoms with Crippen molar-refractivity contribution in [3.05, 3.63) is 84.7 Å². The van der Waals surface area contributed by atoms with Crippen LogP contribution in [-0.2, 0) is 14.8 Å². The van der Waals surface area contributed by atoms with E-state index in [1.807, 2.05) is 48.0 Å². The number of carbonyl (C=O) groups excluding carboxylic acids is 1. The van der Waals surface area contributed by atoms with Gasteiger partial charge in [0.15, 0.2) is 0 Å². The summed E-state index contributed by atoms with van der Waals surface area (Å²) in [5.41, 5.74) is 4.44. The van der Waals surface area contributed by atoms with E-state index in [1.54, 1.807) is 30.3 Å². The molecule has 2 aromatic heterocycles. The zero-order chi connectivity index (χ0) is 21.8. The zero-order valence-electron chi connectivity index (χ0n) is 16.9. The number of imidazole rings is 1. The van der Waals surface area contributed by atoms with Gasteiger partial charge < -0.3 is 9.72 Å². The number of fused-ring (bicyclic) bond motifs is 1. The Morgan fingerprint density at radius 1 is 1.00 bits per heavy atom. The molecule has 0 aliphatic heterocycles. The lowest BCUT2D eigenvalue weighted by Crippen LogP contribution is -2.27. The summed E-state index contributed by atoms with van der Waals surface area (Å²) in [5.74, 6) is -0.271. The maximum absolute atomic E-state index is 12.2. The van der Waals surface area contributed by atoms with Crippen LogP contribution in [0.4, 0.5) is 5.69 Å². The van der Waals surface area contributed by atoms with Gasteiger partial charge in [0, 0.05) is 36.6 Å². The third-order valence-electron chi connectivity index (χ3n) is 4.84. The summed E-state index contributed by atoms with van der Waals surface area (Å²) >= 11 is 0. The number of benzene rings is 2. The molecule has 1 amide bonds. The van der Waals surface area contributed by atoms with Gasteiger partial charge in [-0.25, -0.2) is 18.1 Å². The Hall–Kier alpha value is -3.49. The first-order valence-corrected chi connectivity index (χ1v) is 11.3. The van der Waals surface area contributed by atoms with Gasteiger partial charge in [0.1, 0.15) is 5.65 Å². The summed E-state index contributed by atoms with van der Waals surface area (Å²) in [6.45, 7) is 2.03. The van der Waals surface area contributed by atoms with Crippen LogP contribution in [-0.4, -0.2) is 30.3 Å². The van der Waals surface area contributed by atoms with Crippen LogP contribution in [0, 0.1) is 6.92 Å². The van der Waals surface area contributed by atoms with Crippen molar-refractivity contribution in [3.8, 4) is 11.3 Å². The maximum atomic E-state index is 12.2. The molecule has 8 heteroatoms. The van der Waals surface area contributed by atoms with Crippen LogP contribution in [0.3, 0.4) is 0 Å². The van der Waals surface area contributed by atoms with Gasteiger partial charge in [-0.15, -0.1) is 0 Å². The number of rotatable bonds is 7. The minimum absolute atomic E-state index is 0.0156. The van der Waals surface area contributed by atoms with E-state index >= 15 is 0 Å². The first-order chi connectivity index (χ1) is 14.9. The molecule has 158 valence electrons. The van der Waals surface area contributed by atoms with Crippen molar-refractivity contribution in [1.29, 1.82) is 0 Å². The third-order valence-corrected chi connectivity index (χ3v) is 6.32. The maximum Gasteiger partial charge on any atom is 0.240 e. The van der Waals surface area contributed by atoms with E-state index in [0.717, 1.165) is 22.5 Å². The van der Waals surface area contributed by atoms with Crippen LogP contribution >= 0.6 is 0 Å². The van der Waals surface area contributed by atoms with E-state index in [9.17, 15) is 13.2 Å². The average Bonchev–Trinajstić information content (AvgIpc) is 3.20. The normalized spacial score (nSPS) is 11.5. The van der Waals surface area contributed by atoms with Gasteiger partial charge in [-0.3, -0.25) is 4.79 Å². The van der Waals surface area contributed by atoms with Crippen molar-refractivity contribution in [2.24, 2.45) is 0 Å². The number of aryl methyl sites for hydroxylation is 1. The molecule has 2 aromatic carbocycles. The number of carbonyl (C=O) groups is 1. The highest BCUT2D eigenvalue weighted by Crippen LogP contribution is 2.22. The molecular formula is C23H22N4O3S. The quantitative estimate of drug-likeness (QED) is 0.465. The van der Waals surface area contributed by atoms with Gasteiger partial charge >= 0.3 is 0 Å². The second-order valence-corrected chi connectivity index (χ2v) is 8.90. The summed E-state index contributed by atoms with van der Waals surface area (Å²) in [4.78, 5) is 17.0. The highest BCUT2D eigenvalue weighted by molar-refractivity contribution is 7.89. The number of nitrogens with zero attached hydrogens (tertiary/aromatic N) is 2. The van der Waals surface area contributed by atoms with Crippen LogP contribution in [0.15, 0.2) is 84.0 Å². The minimum atomic E-state index is -3.62. The van der Waals surface area contributed by atoms with Crippen molar-refractivity contribution in [2.45, 2.75) is 18.2 Å². The van der Waals surface area contributed by atoms with Gasteiger partial charge in [0.05, 0.1) is 10.6 Å². The molecule has 0 fully saturated rings. The van der Waals surface area contributed by atoms with Crippen LogP contribution < -0.4 is 10.0 Å². The molecular weight excluding hydrogens is 412 g/mol. The van der Waals surface area contributed by atoms with Gasteiger partial charge in [-0.1, -0.05) is 36.4 Å². The number of pyridine rings is 1. The lowest BCUT2D eigenvalue weighted by atomic mass is 10.1. The molecule has 31 heavy (non-hydrogen) atoms. The number of nitrogens with one attached hydrogen (secondary N) is 2. The molecule has 0 saturated carbocycles. The summed E-state index contributed by atoms with van der Waals surface area (Å²) in [6, 6.07) is 19.5. The number of anilines is 1. The molecule has 0 aliphatic carbocycles. The molecule has 0 saturated heterocycles. The van der Waals surface area contributed by atoms with Crippen molar-refractivity contribution in [2.75, 3.05) is 11.9 Å². The number of sulfonamides is 1. The van der Waals surface area contributed by atoms with E-state index in [1.165, 1.54) is 12.1 Å². The van der Waals surface area contributed by atoms with E-state index in [0.29, 0.717) is 5.69 Å². The molecule has 2 N–H and O–H groups in total. The Morgan fingerprint density at radius 2 is 1.74 bits per heavy atom. The Morgan fingerprint density at radius 3 is 2.45 bits per heavy atom. The third kappa shape index (κ3) is 4.82. The molecule has 0 unspecified atom stereocenters. The van der Waals surface area contributed by atoms with Crippen molar-refractivity contribution in [1.82, 2.24) is 14.1 Å². The second kappa shape index (κ2) is 8.71. The van der Waals surface area contributed by atoms with Crippen molar-refractivity contribution >= 4 is 27.3 Å². The Labute approximate surface area is 180 Å². The number of hydrogen-bond acceptors (Lipinski definition) is 4. The van der Waals surface area contributed by atoms with Crippen LogP contribution in [0.2, 0.25) is 0 Å². The summed E-state index contributed by atoms with van der Waals surface area (Å²) < 4.78 is 28.8. The number of amides is 1. The van der Waals surface area contributed by atoms with E-state index < -0.39 is 10.0 Å². The molecule has 2 heterocycles. The van der Waals surface area contributed by atoms with E-state index in [-0.39, 0.29) is 23.8 Å². The minimum Gasteiger partial charge on any atom is -0.326 e. The smallest absolute Gasteiger partial charge is 0.240 e. The van der Waals surface area contributed by atoms with Crippen LogP contribution in [0.5, 0.6) is 0 Å². The lowest BCUT2D eigenvalue weighted by Gasteiger charge is -2.08. The fraction of sp³-hybridized carbons (Fsp3) is 0.130. The van der Waals surface area contributed by atoms with Crippen molar-refractivity contribution < 1.29 is 13.2 Å². The summed E-state index contributed by atoms with van der Waals surface area (Å²) in [6.07, 6.45) is 3.95. The Bertz CT molecular complexity index is 1310. The predicted molar refractivity (Wildman–Crippen MR) is 120 cm³/mol. The average molecular weight is 435 g/mol. The standard InChI is InChI=1S/C23H22N4O3S/c1-17-6-5-15-27-16-21(26-23(17)27)18-9-11-19(12-10-18)25-22(28)13-14-24-31(29,30)20-7-3-2-4-8-20/h2-12,15-16,24H,13-14H2,1H3,(H,25,28). The van der Waals surface area contributed by atoms with Crippen LogP contribution in [0.25, 0.3) is 16.9 Å². The lowest BCUT2D eigenvalue weighted by molar-refractivity contribution is -0.116. The highest BCUT2D eigenvalue weighted by Gasteiger charge is 2.13. The fourth-order valence-corrected chi connectivity index (χ4v) is 4.28. The molecule has 7 nitrogen and oxygen atoms in total. The largest absolute Gasteiger partial charge is 0.326 e. The molecule has 0 spiro atoms. The van der Waals surface area contributed by atoms with Gasteiger partial charge in [0.2, 0.25) is 15.9 Å². The Kier molecular flexibility index (Phi) is 5.83. The number of aromatic nitrogens is 2. The second-order valence-electron chi connectivity index (χ2n) is 7.13. The molecule has 0 radical (unpaired) electrons. The predicted octanol–water partition coefficient (Wildman–Crippen LogP) is 3.62. The van der Waals surface area contributed by atoms with E-state index in [4.69, 9.17) is 0 Å². The molecule has 0 aliphatic rings. The molecule has 4 rings (SSSR count). The first kappa shape index (κ1) is 20.8. The SMILES string of the molecule is Cc1cccn2cc(-c3ccc(NC(=O)CCNS(=O)(=O)c4ccccc4)cc3)nc12. The number of hydrogen-bond donors (Lipinski definition) is 2. The Balaban J connectivity index is 1.34. The summed E-state index contributed by atoms with van der Waals surface area (Å²) in [5, 5.41) is 2.78. The zero-order valence-corrected chi connectivity index (χ0v) is 17.8.